The first-order valence-electron chi connectivity index (χ1n) is 5.98. The molecule has 0 aromatic carbocycles. The van der Waals surface area contributed by atoms with Crippen molar-refractivity contribution < 1.29 is 22.7 Å². The van der Waals surface area contributed by atoms with Crippen LogP contribution in [0.3, 0.4) is 0 Å². The smallest absolute Gasteiger partial charge is 0.370 e. The van der Waals surface area contributed by atoms with Crippen LogP contribution in [0.15, 0.2) is 0 Å². The van der Waals surface area contributed by atoms with Gasteiger partial charge in [-0.1, -0.05) is 6.92 Å². The standard InChI is InChI=1S/C12H17F3N2O2/c1-4-10(18)11-8(2)16-17(9(11)3)5-6-19-7-12(13,14)15/h4-7H2,1-3H3. The number of hydrogen-bond acceptors (Lipinski definition) is 3. The maximum Gasteiger partial charge on any atom is 0.411 e. The molecule has 0 amide bonds. The van der Waals surface area contributed by atoms with Gasteiger partial charge in [0, 0.05) is 12.1 Å². The van der Waals surface area contributed by atoms with Crippen LogP contribution < -0.4 is 0 Å². The first-order chi connectivity index (χ1) is 8.76. The van der Waals surface area contributed by atoms with Crippen molar-refractivity contribution in [1.29, 1.82) is 0 Å². The summed E-state index contributed by atoms with van der Waals surface area (Å²) in [5.74, 6) is -0.0162. The zero-order chi connectivity index (χ0) is 14.6. The predicted molar refractivity (Wildman–Crippen MR) is 63.2 cm³/mol. The van der Waals surface area contributed by atoms with Crippen LogP contribution in [0, 0.1) is 13.8 Å². The third kappa shape index (κ3) is 4.34. The van der Waals surface area contributed by atoms with Crippen molar-refractivity contribution in [1.82, 2.24) is 9.78 Å². The van der Waals surface area contributed by atoms with Crippen LogP contribution in [0.2, 0.25) is 0 Å². The van der Waals surface area contributed by atoms with E-state index in [9.17, 15) is 18.0 Å². The second kappa shape index (κ2) is 6.18. The average molecular weight is 278 g/mol. The van der Waals surface area contributed by atoms with E-state index >= 15 is 0 Å². The van der Waals surface area contributed by atoms with E-state index in [1.54, 1.807) is 20.8 Å². The van der Waals surface area contributed by atoms with Gasteiger partial charge in [-0.2, -0.15) is 18.3 Å². The third-order valence-corrected chi connectivity index (χ3v) is 2.69. The van der Waals surface area contributed by atoms with Crippen molar-refractivity contribution in [3.8, 4) is 0 Å². The SMILES string of the molecule is CCC(=O)c1c(C)nn(CCOCC(F)(F)F)c1C. The van der Waals surface area contributed by atoms with Crippen LogP contribution in [0.5, 0.6) is 0 Å². The third-order valence-electron chi connectivity index (χ3n) is 2.69. The Kier molecular flexibility index (Phi) is 5.11. The number of carbonyl (C=O) groups is 1. The lowest BCUT2D eigenvalue weighted by Crippen LogP contribution is -2.19. The monoisotopic (exact) mass is 278 g/mol. The van der Waals surface area contributed by atoms with E-state index < -0.39 is 12.8 Å². The number of halogens is 3. The molecule has 108 valence electrons. The Morgan fingerprint density at radius 2 is 2.00 bits per heavy atom. The lowest BCUT2D eigenvalue weighted by molar-refractivity contribution is -0.174. The highest BCUT2D eigenvalue weighted by Crippen LogP contribution is 2.16. The topological polar surface area (TPSA) is 44.1 Å². The molecule has 0 saturated carbocycles. The molecule has 4 nitrogen and oxygen atoms in total. The van der Waals surface area contributed by atoms with Gasteiger partial charge in [0.2, 0.25) is 0 Å². The quantitative estimate of drug-likeness (QED) is 0.593. The van der Waals surface area contributed by atoms with E-state index in [0.29, 0.717) is 23.4 Å². The van der Waals surface area contributed by atoms with E-state index in [1.165, 1.54) is 4.68 Å². The molecule has 1 aromatic heterocycles. The number of ether oxygens (including phenoxy) is 1. The Labute approximate surface area is 109 Å². The van der Waals surface area contributed by atoms with Crippen molar-refractivity contribution >= 4 is 5.78 Å². The fourth-order valence-electron chi connectivity index (χ4n) is 1.83. The largest absolute Gasteiger partial charge is 0.411 e. The number of carbonyl (C=O) groups excluding carboxylic acids is 1. The number of nitrogens with zero attached hydrogens (tertiary/aromatic N) is 2. The van der Waals surface area contributed by atoms with Gasteiger partial charge in [-0.05, 0) is 13.8 Å². The number of alkyl halides is 3. The van der Waals surface area contributed by atoms with Gasteiger partial charge in [0.15, 0.2) is 5.78 Å². The molecule has 0 fully saturated rings. The zero-order valence-electron chi connectivity index (χ0n) is 11.2. The molecule has 0 unspecified atom stereocenters. The molecule has 19 heavy (non-hydrogen) atoms. The number of ketones is 1. The summed E-state index contributed by atoms with van der Waals surface area (Å²) in [6, 6.07) is 0. The summed E-state index contributed by atoms with van der Waals surface area (Å²) in [5, 5.41) is 4.15. The Hall–Kier alpha value is -1.37. The van der Waals surface area contributed by atoms with Crippen molar-refractivity contribution in [3.63, 3.8) is 0 Å². The summed E-state index contributed by atoms with van der Waals surface area (Å²) >= 11 is 0. The van der Waals surface area contributed by atoms with Gasteiger partial charge in [-0.15, -0.1) is 0 Å². The van der Waals surface area contributed by atoms with Gasteiger partial charge in [0.1, 0.15) is 6.61 Å². The number of aryl methyl sites for hydroxylation is 1. The molecule has 1 heterocycles. The molecule has 0 bridgehead atoms. The molecule has 0 aliphatic rings. The van der Waals surface area contributed by atoms with E-state index in [-0.39, 0.29) is 18.9 Å². The molecule has 0 N–H and O–H groups in total. The molecule has 0 atom stereocenters. The van der Waals surface area contributed by atoms with Gasteiger partial charge >= 0.3 is 6.18 Å². The van der Waals surface area contributed by atoms with Crippen LogP contribution in [0.1, 0.15) is 35.1 Å². The highest BCUT2D eigenvalue weighted by molar-refractivity contribution is 5.97. The highest BCUT2D eigenvalue weighted by atomic mass is 19.4. The highest BCUT2D eigenvalue weighted by Gasteiger charge is 2.27. The number of rotatable bonds is 6. The van der Waals surface area contributed by atoms with E-state index in [4.69, 9.17) is 0 Å². The maximum absolute atomic E-state index is 11.9. The molecule has 0 spiro atoms. The normalized spacial score (nSPS) is 11.9. The molecule has 0 aliphatic carbocycles. The molecule has 0 aliphatic heterocycles. The van der Waals surface area contributed by atoms with Crippen LogP contribution in [-0.4, -0.2) is 35.0 Å². The van der Waals surface area contributed by atoms with E-state index in [2.05, 4.69) is 9.84 Å². The first kappa shape index (κ1) is 15.7. The molecule has 0 saturated heterocycles. The van der Waals surface area contributed by atoms with Gasteiger partial charge < -0.3 is 4.74 Å². The predicted octanol–water partition coefficient (Wildman–Crippen LogP) is 2.67. The summed E-state index contributed by atoms with van der Waals surface area (Å²) < 4.78 is 41.7. The molecule has 0 radical (unpaired) electrons. The summed E-state index contributed by atoms with van der Waals surface area (Å²) in [7, 11) is 0. The first-order valence-corrected chi connectivity index (χ1v) is 5.98. The summed E-state index contributed by atoms with van der Waals surface area (Å²) in [6.45, 7) is 4.02. The number of hydrogen-bond donors (Lipinski definition) is 0. The van der Waals surface area contributed by atoms with Gasteiger partial charge in [0.05, 0.1) is 24.4 Å². The lowest BCUT2D eigenvalue weighted by Gasteiger charge is -2.08. The minimum Gasteiger partial charge on any atom is -0.370 e. The van der Waals surface area contributed by atoms with E-state index in [0.717, 1.165) is 0 Å². The molecule has 1 aromatic rings. The van der Waals surface area contributed by atoms with Crippen molar-refractivity contribution in [3.05, 3.63) is 17.0 Å². The second-order valence-corrected chi connectivity index (χ2v) is 4.21. The fourth-order valence-corrected chi connectivity index (χ4v) is 1.83. The molecular weight excluding hydrogens is 261 g/mol. The Balaban J connectivity index is 2.63. The minimum absolute atomic E-state index is 0.0162. The van der Waals surface area contributed by atoms with Crippen LogP contribution >= 0.6 is 0 Å². The summed E-state index contributed by atoms with van der Waals surface area (Å²) in [5.41, 5.74) is 1.82. The van der Waals surface area contributed by atoms with Crippen molar-refractivity contribution in [2.75, 3.05) is 13.2 Å². The lowest BCUT2D eigenvalue weighted by atomic mass is 10.1. The van der Waals surface area contributed by atoms with Crippen LogP contribution in [-0.2, 0) is 11.3 Å². The zero-order valence-corrected chi connectivity index (χ0v) is 11.2. The Bertz CT molecular complexity index is 453. The van der Waals surface area contributed by atoms with Crippen LogP contribution in [0.25, 0.3) is 0 Å². The summed E-state index contributed by atoms with van der Waals surface area (Å²) in [6.07, 6.45) is -3.95. The van der Waals surface area contributed by atoms with Gasteiger partial charge in [0.25, 0.3) is 0 Å². The fraction of sp³-hybridized carbons (Fsp3) is 0.667. The van der Waals surface area contributed by atoms with Crippen LogP contribution in [0.4, 0.5) is 13.2 Å². The Morgan fingerprint density at radius 1 is 1.37 bits per heavy atom. The average Bonchev–Trinajstić information content (AvgIpc) is 2.58. The van der Waals surface area contributed by atoms with Gasteiger partial charge in [-0.3, -0.25) is 9.48 Å². The maximum atomic E-state index is 11.9. The molecule has 7 heteroatoms. The number of Topliss-reactive ketones (excluding diaryl/α,β-unsaturated/α-hetero) is 1. The molecule has 1 rings (SSSR count). The van der Waals surface area contributed by atoms with E-state index in [1.807, 2.05) is 0 Å². The summed E-state index contributed by atoms with van der Waals surface area (Å²) in [4.78, 5) is 11.7. The van der Waals surface area contributed by atoms with Crippen molar-refractivity contribution in [2.24, 2.45) is 0 Å². The second-order valence-electron chi connectivity index (χ2n) is 4.21. The number of aromatic nitrogens is 2. The minimum atomic E-state index is -4.32. The van der Waals surface area contributed by atoms with Gasteiger partial charge in [-0.25, -0.2) is 0 Å². The van der Waals surface area contributed by atoms with Crippen molar-refractivity contribution in [2.45, 2.75) is 39.9 Å². The molecular formula is C12H17F3N2O2. The Morgan fingerprint density at radius 3 is 2.53 bits per heavy atom.